The molecule has 36 heavy (non-hydrogen) atoms. The lowest BCUT2D eigenvalue weighted by Crippen LogP contribution is -2.38. The highest BCUT2D eigenvalue weighted by Gasteiger charge is 2.29. The Labute approximate surface area is 209 Å². The summed E-state index contributed by atoms with van der Waals surface area (Å²) < 4.78 is 3.95. The smallest absolute Gasteiger partial charge is 0.223 e. The number of fused-ring (bicyclic) bond motifs is 2. The molecule has 10 heteroatoms. The van der Waals surface area contributed by atoms with Gasteiger partial charge in [-0.15, -0.1) is 20.4 Å². The molecule has 2 N–H and O–H groups in total. The Morgan fingerprint density at radius 1 is 0.694 bits per heavy atom. The second-order valence-corrected chi connectivity index (χ2v) is 9.43. The summed E-state index contributed by atoms with van der Waals surface area (Å²) in [6.45, 7) is 1.23. The number of hydrogen-bond donors (Lipinski definition) is 2. The standard InChI is InChI=1S/C26H32N8O2/c35-25(27-15-5-9-23-31-29-21-7-1-3-17-33(21)23)19-11-13-20(14-12-19)26(36)28-16-6-10-24-32-30-22-8-2-4-18-34(22)24/h1-4,7-8,17-20H,5-6,9-16H2,(H,27,35)(H,28,36). The first kappa shape index (κ1) is 23.9. The molecule has 1 saturated carbocycles. The van der Waals surface area contributed by atoms with Crippen LogP contribution in [0.4, 0.5) is 0 Å². The molecule has 4 heterocycles. The topological polar surface area (TPSA) is 119 Å². The Morgan fingerprint density at radius 2 is 1.14 bits per heavy atom. The van der Waals surface area contributed by atoms with Crippen molar-refractivity contribution in [3.63, 3.8) is 0 Å². The molecule has 1 fully saturated rings. The Balaban J connectivity index is 0.968. The zero-order valence-electron chi connectivity index (χ0n) is 20.3. The van der Waals surface area contributed by atoms with Crippen LogP contribution in [0.5, 0.6) is 0 Å². The SMILES string of the molecule is O=C(NCCCc1nnc2ccccn12)C1CCC(C(=O)NCCCc2nnc3ccccn23)CC1. The molecule has 0 atom stereocenters. The van der Waals surface area contributed by atoms with Gasteiger partial charge in [0.15, 0.2) is 11.3 Å². The van der Waals surface area contributed by atoms with Gasteiger partial charge in [-0.2, -0.15) is 0 Å². The number of carbonyl (C=O) groups is 2. The van der Waals surface area contributed by atoms with Crippen LogP contribution in [0.1, 0.15) is 50.2 Å². The summed E-state index contributed by atoms with van der Waals surface area (Å²) in [5.74, 6) is 1.98. The fourth-order valence-electron chi connectivity index (χ4n) is 4.95. The van der Waals surface area contributed by atoms with Crippen LogP contribution >= 0.6 is 0 Å². The molecule has 4 aromatic heterocycles. The van der Waals surface area contributed by atoms with Gasteiger partial charge < -0.3 is 10.6 Å². The number of pyridine rings is 2. The van der Waals surface area contributed by atoms with E-state index in [1.165, 1.54) is 0 Å². The molecule has 5 rings (SSSR count). The van der Waals surface area contributed by atoms with E-state index < -0.39 is 0 Å². The summed E-state index contributed by atoms with van der Waals surface area (Å²) >= 11 is 0. The van der Waals surface area contributed by atoms with Gasteiger partial charge in [0.2, 0.25) is 11.8 Å². The van der Waals surface area contributed by atoms with Crippen molar-refractivity contribution in [2.24, 2.45) is 11.8 Å². The van der Waals surface area contributed by atoms with Crippen LogP contribution in [-0.2, 0) is 22.4 Å². The quantitative estimate of drug-likeness (QED) is 0.331. The van der Waals surface area contributed by atoms with Crippen LogP contribution in [0.25, 0.3) is 11.3 Å². The predicted molar refractivity (Wildman–Crippen MR) is 134 cm³/mol. The van der Waals surface area contributed by atoms with Crippen LogP contribution in [-0.4, -0.2) is 54.1 Å². The maximum absolute atomic E-state index is 12.6. The molecule has 4 aromatic rings. The Kier molecular flexibility index (Phi) is 7.49. The maximum atomic E-state index is 12.6. The van der Waals surface area contributed by atoms with Crippen LogP contribution < -0.4 is 10.6 Å². The number of carbonyl (C=O) groups excluding carboxylic acids is 2. The van der Waals surface area contributed by atoms with Gasteiger partial charge in [-0.1, -0.05) is 12.1 Å². The maximum Gasteiger partial charge on any atom is 0.223 e. The van der Waals surface area contributed by atoms with Crippen molar-refractivity contribution >= 4 is 23.1 Å². The first-order valence-electron chi connectivity index (χ1n) is 12.8. The summed E-state index contributed by atoms with van der Waals surface area (Å²) in [5.41, 5.74) is 1.67. The first-order chi connectivity index (χ1) is 17.7. The average Bonchev–Trinajstić information content (AvgIpc) is 3.53. The molecule has 0 saturated heterocycles. The summed E-state index contributed by atoms with van der Waals surface area (Å²) in [6.07, 6.45) is 10.1. The number of nitrogens with one attached hydrogen (secondary N) is 2. The number of nitrogens with zero attached hydrogens (tertiary/aromatic N) is 6. The highest BCUT2D eigenvalue weighted by Crippen LogP contribution is 2.29. The van der Waals surface area contributed by atoms with Crippen molar-refractivity contribution < 1.29 is 9.59 Å². The van der Waals surface area contributed by atoms with Crippen molar-refractivity contribution in [2.45, 2.75) is 51.4 Å². The van der Waals surface area contributed by atoms with E-state index in [9.17, 15) is 9.59 Å². The van der Waals surface area contributed by atoms with E-state index in [1.807, 2.05) is 57.6 Å². The number of aryl methyl sites for hydroxylation is 2. The molecule has 2 amide bonds. The molecule has 0 spiro atoms. The summed E-state index contributed by atoms with van der Waals surface area (Å²) in [6, 6.07) is 11.6. The summed E-state index contributed by atoms with van der Waals surface area (Å²) in [7, 11) is 0. The number of amides is 2. The van der Waals surface area contributed by atoms with Crippen molar-refractivity contribution in [3.8, 4) is 0 Å². The molecule has 0 aromatic carbocycles. The summed E-state index contributed by atoms with van der Waals surface area (Å²) in [4.78, 5) is 25.2. The third-order valence-corrected chi connectivity index (χ3v) is 6.99. The van der Waals surface area contributed by atoms with E-state index >= 15 is 0 Å². The van der Waals surface area contributed by atoms with Crippen molar-refractivity contribution in [1.82, 2.24) is 39.8 Å². The molecule has 0 aliphatic heterocycles. The minimum absolute atomic E-state index is 0.0100. The minimum Gasteiger partial charge on any atom is -0.356 e. The highest BCUT2D eigenvalue weighted by atomic mass is 16.2. The van der Waals surface area contributed by atoms with E-state index in [1.54, 1.807) is 0 Å². The van der Waals surface area contributed by atoms with E-state index in [2.05, 4.69) is 31.0 Å². The van der Waals surface area contributed by atoms with E-state index in [-0.39, 0.29) is 23.7 Å². The van der Waals surface area contributed by atoms with Gasteiger partial charge in [-0.3, -0.25) is 18.4 Å². The van der Waals surface area contributed by atoms with Gasteiger partial charge in [0, 0.05) is 50.2 Å². The van der Waals surface area contributed by atoms with Crippen molar-refractivity contribution in [2.75, 3.05) is 13.1 Å². The van der Waals surface area contributed by atoms with Gasteiger partial charge in [0.25, 0.3) is 0 Å². The number of rotatable bonds is 10. The molecule has 0 radical (unpaired) electrons. The van der Waals surface area contributed by atoms with Crippen LogP contribution in [0, 0.1) is 11.8 Å². The second-order valence-electron chi connectivity index (χ2n) is 9.43. The van der Waals surface area contributed by atoms with Crippen LogP contribution in [0.2, 0.25) is 0 Å². The third-order valence-electron chi connectivity index (χ3n) is 6.99. The lowest BCUT2D eigenvalue weighted by atomic mass is 9.81. The van der Waals surface area contributed by atoms with Gasteiger partial charge in [-0.05, 0) is 62.8 Å². The monoisotopic (exact) mass is 488 g/mol. The molecule has 188 valence electrons. The van der Waals surface area contributed by atoms with Crippen LogP contribution in [0.3, 0.4) is 0 Å². The van der Waals surface area contributed by atoms with Crippen molar-refractivity contribution in [3.05, 3.63) is 60.4 Å². The minimum atomic E-state index is -0.0100. The van der Waals surface area contributed by atoms with E-state index in [0.29, 0.717) is 13.1 Å². The summed E-state index contributed by atoms with van der Waals surface area (Å²) in [5, 5.41) is 22.9. The van der Waals surface area contributed by atoms with Crippen LogP contribution in [0.15, 0.2) is 48.8 Å². The highest BCUT2D eigenvalue weighted by molar-refractivity contribution is 5.81. The Morgan fingerprint density at radius 3 is 1.58 bits per heavy atom. The average molecular weight is 489 g/mol. The molecule has 0 unspecified atom stereocenters. The molecular weight excluding hydrogens is 456 g/mol. The molecule has 1 aliphatic carbocycles. The number of hydrogen-bond acceptors (Lipinski definition) is 6. The molecule has 0 bridgehead atoms. The Bertz CT molecular complexity index is 1220. The first-order valence-corrected chi connectivity index (χ1v) is 12.8. The molecule has 10 nitrogen and oxygen atoms in total. The zero-order valence-corrected chi connectivity index (χ0v) is 20.3. The Hall–Kier alpha value is -3.82. The third kappa shape index (κ3) is 5.53. The molecular formula is C26H32N8O2. The largest absolute Gasteiger partial charge is 0.356 e. The lowest BCUT2D eigenvalue weighted by molar-refractivity contribution is -0.130. The van der Waals surface area contributed by atoms with E-state index in [0.717, 1.165) is 74.3 Å². The van der Waals surface area contributed by atoms with Gasteiger partial charge in [0.05, 0.1) is 0 Å². The normalized spacial score (nSPS) is 17.9. The van der Waals surface area contributed by atoms with Gasteiger partial charge in [-0.25, -0.2) is 0 Å². The second kappa shape index (κ2) is 11.3. The fraction of sp³-hybridized carbons (Fsp3) is 0.462. The number of aromatic nitrogens is 6. The zero-order chi connectivity index (χ0) is 24.7. The van der Waals surface area contributed by atoms with E-state index in [4.69, 9.17) is 0 Å². The fourth-order valence-corrected chi connectivity index (χ4v) is 4.95. The lowest BCUT2D eigenvalue weighted by Gasteiger charge is -2.27. The predicted octanol–water partition coefficient (Wildman–Crippen LogP) is 2.38. The molecule has 1 aliphatic rings. The van der Waals surface area contributed by atoms with Gasteiger partial charge in [0.1, 0.15) is 11.6 Å². The van der Waals surface area contributed by atoms with Crippen molar-refractivity contribution in [1.29, 1.82) is 0 Å². The van der Waals surface area contributed by atoms with Gasteiger partial charge >= 0.3 is 0 Å².